The normalized spacial score (nSPS) is 19.7. The predicted molar refractivity (Wildman–Crippen MR) is 131 cm³/mol. The van der Waals surface area contributed by atoms with Crippen molar-refractivity contribution in [2.75, 3.05) is 28.6 Å². The zero-order chi connectivity index (χ0) is 22.3. The van der Waals surface area contributed by atoms with E-state index in [-0.39, 0.29) is 17.2 Å². The highest BCUT2D eigenvalue weighted by Crippen LogP contribution is 2.46. The summed E-state index contributed by atoms with van der Waals surface area (Å²) in [7, 11) is 0. The van der Waals surface area contributed by atoms with Crippen molar-refractivity contribution in [3.8, 4) is 0 Å². The second kappa shape index (κ2) is 8.07. The molecule has 0 amide bonds. The van der Waals surface area contributed by atoms with Gasteiger partial charge in [-0.25, -0.2) is 0 Å². The van der Waals surface area contributed by atoms with Gasteiger partial charge < -0.3 is 15.5 Å². The van der Waals surface area contributed by atoms with Crippen molar-refractivity contribution in [3.63, 3.8) is 0 Å². The average molecular weight is 418 g/mol. The molecule has 4 rings (SSSR count). The minimum atomic E-state index is -0.153. The molecule has 0 radical (unpaired) electrons. The zero-order valence-corrected chi connectivity index (χ0v) is 19.7. The molecule has 0 saturated heterocycles. The molecule has 2 aromatic rings. The van der Waals surface area contributed by atoms with Crippen molar-refractivity contribution in [1.82, 2.24) is 0 Å². The number of nitrogens with zero attached hydrogens (tertiary/aromatic N) is 1. The first-order chi connectivity index (χ1) is 14.7. The Morgan fingerprint density at radius 2 is 1.58 bits per heavy atom. The van der Waals surface area contributed by atoms with Crippen molar-refractivity contribution in [2.24, 2.45) is 5.41 Å². The van der Waals surface area contributed by atoms with Crippen LogP contribution in [0.25, 0.3) is 0 Å². The van der Waals surface area contributed by atoms with E-state index < -0.39 is 0 Å². The molecule has 1 atom stereocenters. The number of hydrogen-bond donors (Lipinski definition) is 2. The van der Waals surface area contributed by atoms with E-state index in [4.69, 9.17) is 0 Å². The lowest BCUT2D eigenvalue weighted by Gasteiger charge is -2.34. The number of hydrogen-bond acceptors (Lipinski definition) is 4. The van der Waals surface area contributed by atoms with Crippen LogP contribution >= 0.6 is 0 Å². The van der Waals surface area contributed by atoms with Crippen molar-refractivity contribution in [1.29, 1.82) is 0 Å². The number of carbonyl (C=O) groups is 1. The van der Waals surface area contributed by atoms with Crippen molar-refractivity contribution >= 4 is 22.8 Å². The van der Waals surface area contributed by atoms with Gasteiger partial charge in [0.25, 0.3) is 0 Å². The molecule has 2 aromatic carbocycles. The van der Waals surface area contributed by atoms with Gasteiger partial charge in [0.1, 0.15) is 0 Å². The Morgan fingerprint density at radius 3 is 2.19 bits per heavy atom. The van der Waals surface area contributed by atoms with E-state index in [1.807, 2.05) is 0 Å². The van der Waals surface area contributed by atoms with Crippen LogP contribution in [0.5, 0.6) is 0 Å². The molecule has 2 N–H and O–H groups in total. The lowest BCUT2D eigenvalue weighted by atomic mass is 9.73. The van der Waals surface area contributed by atoms with Crippen LogP contribution in [-0.2, 0) is 4.79 Å². The molecule has 0 saturated carbocycles. The number of nitrogens with one attached hydrogen (secondary N) is 2. The summed E-state index contributed by atoms with van der Waals surface area (Å²) in [5, 5.41) is 7.37. The third kappa shape index (κ3) is 4.08. The largest absolute Gasteiger partial charge is 0.372 e. The summed E-state index contributed by atoms with van der Waals surface area (Å²) in [5.74, 6) is 0.241. The second-order valence-corrected chi connectivity index (χ2v) is 9.78. The fourth-order valence-electron chi connectivity index (χ4n) is 4.93. The van der Waals surface area contributed by atoms with E-state index in [0.717, 1.165) is 47.7 Å². The SMILES string of the molecule is CCN(CC)c1ccc(C2Nc3cc(C)c(C)cc3NC3=C2C(=O)CC(C)(C)C3)cc1. The molecule has 164 valence electrons. The number of aryl methyl sites for hydroxylation is 2. The van der Waals surface area contributed by atoms with Crippen LogP contribution in [-0.4, -0.2) is 18.9 Å². The number of benzene rings is 2. The molecule has 0 bridgehead atoms. The Bertz CT molecular complexity index is 1030. The number of anilines is 3. The number of allylic oxidation sites excluding steroid dienone is 1. The fourth-order valence-corrected chi connectivity index (χ4v) is 4.93. The van der Waals surface area contributed by atoms with E-state index in [0.29, 0.717) is 6.42 Å². The van der Waals surface area contributed by atoms with Gasteiger partial charge in [0.2, 0.25) is 0 Å². The number of carbonyl (C=O) groups excluding carboxylic acids is 1. The number of rotatable bonds is 4. The molecule has 1 aliphatic carbocycles. The number of fused-ring (bicyclic) bond motifs is 1. The first-order valence-electron chi connectivity index (χ1n) is 11.5. The van der Waals surface area contributed by atoms with Gasteiger partial charge in [0.05, 0.1) is 17.4 Å². The maximum atomic E-state index is 13.4. The highest BCUT2D eigenvalue weighted by molar-refractivity contribution is 6.01. The Balaban J connectivity index is 1.82. The maximum Gasteiger partial charge on any atom is 0.163 e. The second-order valence-electron chi connectivity index (χ2n) is 9.78. The Morgan fingerprint density at radius 1 is 0.968 bits per heavy atom. The molecule has 4 nitrogen and oxygen atoms in total. The smallest absolute Gasteiger partial charge is 0.163 e. The average Bonchev–Trinajstić information content (AvgIpc) is 2.85. The van der Waals surface area contributed by atoms with Crippen LogP contribution in [0.4, 0.5) is 17.1 Å². The molecule has 4 heteroatoms. The first-order valence-corrected chi connectivity index (χ1v) is 11.5. The lowest BCUT2D eigenvalue weighted by molar-refractivity contribution is -0.118. The molecular weight excluding hydrogens is 382 g/mol. The standard InChI is InChI=1S/C27H35N3O/c1-7-30(8-2)20-11-9-19(10-12-20)26-25-23(15-27(5,6)16-24(25)31)28-21-13-17(3)18(4)14-22(21)29-26/h9-14,26,28-29H,7-8,15-16H2,1-6H3. The predicted octanol–water partition coefficient (Wildman–Crippen LogP) is 6.37. The molecule has 0 spiro atoms. The van der Waals surface area contributed by atoms with Crippen LogP contribution < -0.4 is 15.5 Å². The molecule has 0 fully saturated rings. The molecule has 2 aliphatic rings. The monoisotopic (exact) mass is 417 g/mol. The van der Waals surface area contributed by atoms with Crippen molar-refractivity contribution < 1.29 is 4.79 Å². The van der Waals surface area contributed by atoms with Crippen LogP contribution in [0.1, 0.15) is 63.3 Å². The van der Waals surface area contributed by atoms with Crippen molar-refractivity contribution in [3.05, 3.63) is 64.4 Å². The number of ketones is 1. The molecular formula is C27H35N3O. The summed E-state index contributed by atoms with van der Waals surface area (Å²) in [6, 6.07) is 13.0. The molecule has 31 heavy (non-hydrogen) atoms. The van der Waals surface area contributed by atoms with Gasteiger partial charge in [-0.05, 0) is 80.5 Å². The molecule has 1 aliphatic heterocycles. The lowest BCUT2D eigenvalue weighted by Crippen LogP contribution is -2.31. The van der Waals surface area contributed by atoms with Gasteiger partial charge in [-0.1, -0.05) is 26.0 Å². The number of Topliss-reactive ketones (excluding diaryl/α,β-unsaturated/α-hetero) is 1. The van der Waals surface area contributed by atoms with Crippen molar-refractivity contribution in [2.45, 2.75) is 60.4 Å². The topological polar surface area (TPSA) is 44.4 Å². The summed E-state index contributed by atoms with van der Waals surface area (Å²) in [6.07, 6.45) is 1.45. The Hall–Kier alpha value is -2.75. The summed E-state index contributed by atoms with van der Waals surface area (Å²) in [5.41, 5.74) is 8.87. The Labute approximate surface area is 186 Å². The highest BCUT2D eigenvalue weighted by Gasteiger charge is 2.38. The molecule has 0 aromatic heterocycles. The van der Waals surface area contributed by atoms with Crippen LogP contribution in [0.2, 0.25) is 0 Å². The van der Waals surface area contributed by atoms with Gasteiger partial charge >= 0.3 is 0 Å². The van der Waals surface area contributed by atoms with E-state index in [2.05, 4.69) is 93.5 Å². The summed E-state index contributed by atoms with van der Waals surface area (Å²) < 4.78 is 0. The van der Waals surface area contributed by atoms with Crippen LogP contribution in [0.15, 0.2) is 47.7 Å². The molecule has 1 unspecified atom stereocenters. The van der Waals surface area contributed by atoms with E-state index in [1.165, 1.54) is 16.8 Å². The van der Waals surface area contributed by atoms with E-state index in [1.54, 1.807) is 0 Å². The van der Waals surface area contributed by atoms with Gasteiger partial charge in [0, 0.05) is 36.5 Å². The fraction of sp³-hybridized carbons (Fsp3) is 0.444. The third-order valence-electron chi connectivity index (χ3n) is 6.78. The highest BCUT2D eigenvalue weighted by atomic mass is 16.1. The van der Waals surface area contributed by atoms with E-state index in [9.17, 15) is 4.79 Å². The zero-order valence-electron chi connectivity index (χ0n) is 19.7. The van der Waals surface area contributed by atoms with Gasteiger partial charge in [-0.3, -0.25) is 4.79 Å². The summed E-state index contributed by atoms with van der Waals surface area (Å²) in [4.78, 5) is 15.7. The van der Waals surface area contributed by atoms with Gasteiger partial charge in [0.15, 0.2) is 5.78 Å². The van der Waals surface area contributed by atoms with Crippen LogP contribution in [0, 0.1) is 19.3 Å². The minimum Gasteiger partial charge on any atom is -0.372 e. The molecule has 1 heterocycles. The summed E-state index contributed by atoms with van der Waals surface area (Å²) >= 11 is 0. The van der Waals surface area contributed by atoms with Gasteiger partial charge in [-0.2, -0.15) is 0 Å². The first kappa shape index (κ1) is 21.5. The summed E-state index contributed by atoms with van der Waals surface area (Å²) in [6.45, 7) is 15.0. The maximum absolute atomic E-state index is 13.4. The Kier molecular flexibility index (Phi) is 5.59. The van der Waals surface area contributed by atoms with E-state index >= 15 is 0 Å². The third-order valence-corrected chi connectivity index (χ3v) is 6.78. The van der Waals surface area contributed by atoms with Crippen LogP contribution in [0.3, 0.4) is 0 Å². The minimum absolute atomic E-state index is 0.0374. The van der Waals surface area contributed by atoms with Gasteiger partial charge in [-0.15, -0.1) is 0 Å². The quantitative estimate of drug-likeness (QED) is 0.606.